The van der Waals surface area contributed by atoms with E-state index in [0.29, 0.717) is 17.8 Å². The number of nitriles is 2. The standard InChI is InChI=1S/C14H10N4/c15-8-11-2-1-3-13(6-11)18-10-12-4-5-17-14(7-12)9-16/h1-7,18H,10H2. The second-order valence-corrected chi connectivity index (χ2v) is 3.71. The lowest BCUT2D eigenvalue weighted by Gasteiger charge is -2.06. The average Bonchev–Trinajstić information content (AvgIpc) is 2.45. The van der Waals surface area contributed by atoms with Crippen LogP contribution in [0, 0.1) is 22.7 Å². The lowest BCUT2D eigenvalue weighted by molar-refractivity contribution is 1.11. The second-order valence-electron chi connectivity index (χ2n) is 3.71. The Balaban J connectivity index is 2.07. The number of benzene rings is 1. The van der Waals surface area contributed by atoms with Gasteiger partial charge in [0.25, 0.3) is 0 Å². The van der Waals surface area contributed by atoms with Gasteiger partial charge in [-0.05, 0) is 35.9 Å². The number of nitrogens with zero attached hydrogens (tertiary/aromatic N) is 3. The topological polar surface area (TPSA) is 72.5 Å². The Labute approximate surface area is 105 Å². The quantitative estimate of drug-likeness (QED) is 0.885. The molecule has 0 aliphatic heterocycles. The molecule has 1 aromatic heterocycles. The molecule has 0 atom stereocenters. The Hall–Kier alpha value is -2.85. The minimum Gasteiger partial charge on any atom is -0.381 e. The maximum atomic E-state index is 8.79. The van der Waals surface area contributed by atoms with Crippen molar-refractivity contribution >= 4 is 5.69 Å². The molecule has 2 aromatic rings. The lowest BCUT2D eigenvalue weighted by Crippen LogP contribution is -2.00. The summed E-state index contributed by atoms with van der Waals surface area (Å²) in [7, 11) is 0. The van der Waals surface area contributed by atoms with Crippen molar-refractivity contribution in [2.75, 3.05) is 5.32 Å². The molecule has 1 aromatic carbocycles. The molecule has 0 saturated heterocycles. The first-order chi connectivity index (χ1) is 8.81. The number of rotatable bonds is 3. The summed E-state index contributed by atoms with van der Waals surface area (Å²) >= 11 is 0. The van der Waals surface area contributed by atoms with Gasteiger partial charge in [0.1, 0.15) is 11.8 Å². The van der Waals surface area contributed by atoms with Crippen LogP contribution in [0.5, 0.6) is 0 Å². The predicted molar refractivity (Wildman–Crippen MR) is 67.4 cm³/mol. The van der Waals surface area contributed by atoms with Gasteiger partial charge in [-0.15, -0.1) is 0 Å². The predicted octanol–water partition coefficient (Wildman–Crippen LogP) is 2.44. The number of aromatic nitrogens is 1. The molecule has 18 heavy (non-hydrogen) atoms. The number of hydrogen-bond acceptors (Lipinski definition) is 4. The third-order valence-electron chi connectivity index (χ3n) is 2.43. The molecule has 2 rings (SSSR count). The molecule has 1 N–H and O–H groups in total. The van der Waals surface area contributed by atoms with E-state index in [0.717, 1.165) is 11.3 Å². The fraction of sp³-hybridized carbons (Fsp3) is 0.0714. The Morgan fingerprint density at radius 3 is 2.78 bits per heavy atom. The van der Waals surface area contributed by atoms with Crippen LogP contribution < -0.4 is 5.32 Å². The van der Waals surface area contributed by atoms with Gasteiger partial charge in [-0.3, -0.25) is 0 Å². The number of nitrogens with one attached hydrogen (secondary N) is 1. The van der Waals surface area contributed by atoms with Crippen molar-refractivity contribution in [2.45, 2.75) is 6.54 Å². The van der Waals surface area contributed by atoms with Gasteiger partial charge in [-0.2, -0.15) is 10.5 Å². The summed E-state index contributed by atoms with van der Waals surface area (Å²) in [5.41, 5.74) is 2.88. The van der Waals surface area contributed by atoms with Gasteiger partial charge >= 0.3 is 0 Å². The van der Waals surface area contributed by atoms with Crippen molar-refractivity contribution in [3.05, 3.63) is 59.4 Å². The third kappa shape index (κ3) is 2.84. The van der Waals surface area contributed by atoms with Gasteiger partial charge in [0.2, 0.25) is 0 Å². The summed E-state index contributed by atoms with van der Waals surface area (Å²) in [6.45, 7) is 0.589. The van der Waals surface area contributed by atoms with Crippen LogP contribution >= 0.6 is 0 Å². The SMILES string of the molecule is N#Cc1cccc(NCc2ccnc(C#N)c2)c1. The summed E-state index contributed by atoms with van der Waals surface area (Å²) < 4.78 is 0. The van der Waals surface area contributed by atoms with Crippen molar-refractivity contribution in [3.8, 4) is 12.1 Å². The fourth-order valence-corrected chi connectivity index (χ4v) is 1.55. The van der Waals surface area contributed by atoms with Crippen LogP contribution in [0.3, 0.4) is 0 Å². The molecule has 4 heteroatoms. The molecule has 0 amide bonds. The van der Waals surface area contributed by atoms with E-state index in [2.05, 4.69) is 16.4 Å². The summed E-state index contributed by atoms with van der Waals surface area (Å²) in [4.78, 5) is 3.91. The molecule has 0 unspecified atom stereocenters. The van der Waals surface area contributed by atoms with Crippen molar-refractivity contribution in [1.82, 2.24) is 4.98 Å². The smallest absolute Gasteiger partial charge is 0.140 e. The van der Waals surface area contributed by atoms with Gasteiger partial charge in [0.15, 0.2) is 0 Å². The molecule has 0 aliphatic carbocycles. The van der Waals surface area contributed by atoms with Crippen LogP contribution in [0.4, 0.5) is 5.69 Å². The normalized spacial score (nSPS) is 9.22. The zero-order valence-electron chi connectivity index (χ0n) is 9.59. The summed E-state index contributed by atoms with van der Waals surface area (Å²) in [5.74, 6) is 0. The van der Waals surface area contributed by atoms with Crippen molar-refractivity contribution < 1.29 is 0 Å². The first-order valence-electron chi connectivity index (χ1n) is 5.41. The molecule has 86 valence electrons. The van der Waals surface area contributed by atoms with Crippen LogP contribution in [-0.2, 0) is 6.54 Å². The molecule has 0 bridgehead atoms. The van der Waals surface area contributed by atoms with E-state index in [4.69, 9.17) is 10.5 Å². The van der Waals surface area contributed by atoms with E-state index in [1.165, 1.54) is 0 Å². The number of anilines is 1. The Kier molecular flexibility index (Phi) is 3.53. The molecule has 0 spiro atoms. The highest BCUT2D eigenvalue weighted by Crippen LogP contribution is 2.11. The largest absolute Gasteiger partial charge is 0.381 e. The highest BCUT2D eigenvalue weighted by Gasteiger charge is 1.98. The number of hydrogen-bond donors (Lipinski definition) is 1. The van der Waals surface area contributed by atoms with Crippen LogP contribution in [0.2, 0.25) is 0 Å². The molecule has 0 radical (unpaired) electrons. The van der Waals surface area contributed by atoms with Gasteiger partial charge in [-0.25, -0.2) is 4.98 Å². The molecular formula is C14H10N4. The molecule has 4 nitrogen and oxygen atoms in total. The van der Waals surface area contributed by atoms with E-state index < -0.39 is 0 Å². The first-order valence-corrected chi connectivity index (χ1v) is 5.41. The second kappa shape index (κ2) is 5.47. The van der Waals surface area contributed by atoms with Crippen molar-refractivity contribution in [1.29, 1.82) is 10.5 Å². The van der Waals surface area contributed by atoms with Gasteiger partial charge in [0, 0.05) is 18.4 Å². The molecule has 0 saturated carbocycles. The Morgan fingerprint density at radius 1 is 1.11 bits per heavy atom. The van der Waals surface area contributed by atoms with E-state index >= 15 is 0 Å². The molecular weight excluding hydrogens is 224 g/mol. The summed E-state index contributed by atoms with van der Waals surface area (Å²) in [5, 5.41) is 20.7. The van der Waals surface area contributed by atoms with Crippen LogP contribution in [0.25, 0.3) is 0 Å². The maximum absolute atomic E-state index is 8.79. The zero-order valence-corrected chi connectivity index (χ0v) is 9.59. The maximum Gasteiger partial charge on any atom is 0.140 e. The Bertz CT molecular complexity index is 577. The van der Waals surface area contributed by atoms with Gasteiger partial charge < -0.3 is 5.32 Å². The fourth-order valence-electron chi connectivity index (χ4n) is 1.55. The van der Waals surface area contributed by atoms with E-state index in [9.17, 15) is 0 Å². The summed E-state index contributed by atoms with van der Waals surface area (Å²) in [6.07, 6.45) is 1.61. The van der Waals surface area contributed by atoms with Crippen LogP contribution in [0.1, 0.15) is 16.8 Å². The van der Waals surface area contributed by atoms with Crippen LogP contribution in [-0.4, -0.2) is 4.98 Å². The van der Waals surface area contributed by atoms with E-state index in [-0.39, 0.29) is 0 Å². The minimum atomic E-state index is 0.403. The molecule has 0 fully saturated rings. The number of pyridine rings is 1. The van der Waals surface area contributed by atoms with Crippen molar-refractivity contribution in [2.24, 2.45) is 0 Å². The van der Waals surface area contributed by atoms with Crippen molar-refractivity contribution in [3.63, 3.8) is 0 Å². The van der Waals surface area contributed by atoms with E-state index in [1.54, 1.807) is 24.4 Å². The van der Waals surface area contributed by atoms with Gasteiger partial charge in [0.05, 0.1) is 11.6 Å². The summed E-state index contributed by atoms with van der Waals surface area (Å²) in [6, 6.07) is 14.9. The van der Waals surface area contributed by atoms with Gasteiger partial charge in [-0.1, -0.05) is 6.07 Å². The molecule has 1 heterocycles. The van der Waals surface area contributed by atoms with Crippen LogP contribution in [0.15, 0.2) is 42.6 Å². The zero-order chi connectivity index (χ0) is 12.8. The highest BCUT2D eigenvalue weighted by atomic mass is 14.9. The third-order valence-corrected chi connectivity index (χ3v) is 2.43. The minimum absolute atomic E-state index is 0.403. The molecule has 0 aliphatic rings. The Morgan fingerprint density at radius 2 is 2.00 bits per heavy atom. The lowest BCUT2D eigenvalue weighted by atomic mass is 10.2. The van der Waals surface area contributed by atoms with E-state index in [1.807, 2.05) is 24.3 Å². The highest BCUT2D eigenvalue weighted by molar-refractivity contribution is 5.49. The average molecular weight is 234 g/mol. The monoisotopic (exact) mass is 234 g/mol. The first kappa shape index (κ1) is 11.6.